The quantitative estimate of drug-likeness (QED) is 0.324. The van der Waals surface area contributed by atoms with E-state index in [2.05, 4.69) is 9.97 Å². The standard InChI is InChI=1S/C9H9N4O6P.CH4/c1-12(20(18)19)6-3-4(13(16)17)2-5-7(6)11-9(15)8(14)10-5;/h2-3,20H,1H3,(H,10,14)(H,11,15)(H,18,19);1H4. The zero-order valence-corrected chi connectivity index (χ0v) is 11.0. The van der Waals surface area contributed by atoms with Crippen LogP contribution >= 0.6 is 8.18 Å². The summed E-state index contributed by atoms with van der Waals surface area (Å²) < 4.78 is 12.0. The Morgan fingerprint density at radius 2 is 1.86 bits per heavy atom. The minimum absolute atomic E-state index is 0. The van der Waals surface area contributed by atoms with Crippen LogP contribution in [0.15, 0.2) is 21.7 Å². The normalized spacial score (nSPS) is 11.7. The summed E-state index contributed by atoms with van der Waals surface area (Å²) in [5.74, 6) is 0. The van der Waals surface area contributed by atoms with Gasteiger partial charge in [-0.05, 0) is 0 Å². The molecule has 3 N–H and O–H groups in total. The first-order chi connectivity index (χ1) is 9.31. The van der Waals surface area contributed by atoms with E-state index in [1.165, 1.54) is 7.05 Å². The van der Waals surface area contributed by atoms with Gasteiger partial charge in [-0.15, -0.1) is 0 Å². The molecule has 1 aromatic carbocycles. The van der Waals surface area contributed by atoms with Crippen molar-refractivity contribution in [3.63, 3.8) is 0 Å². The summed E-state index contributed by atoms with van der Waals surface area (Å²) in [7, 11) is -1.93. The SMILES string of the molecule is C.CN(c1cc([N+](=O)[O-])cc2[nH]c(=O)c(=O)[nH]c12)[PH](=O)O. The minimum Gasteiger partial charge on any atom is -0.331 e. The maximum atomic E-state index is 11.3. The van der Waals surface area contributed by atoms with Gasteiger partial charge < -0.3 is 19.5 Å². The fraction of sp³-hybridized carbons (Fsp3) is 0.200. The van der Waals surface area contributed by atoms with E-state index in [4.69, 9.17) is 4.89 Å². The number of H-pyrrole nitrogens is 2. The first kappa shape index (κ1) is 16.6. The summed E-state index contributed by atoms with van der Waals surface area (Å²) >= 11 is 0. The van der Waals surface area contributed by atoms with Crippen LogP contribution in [0.1, 0.15) is 7.43 Å². The molecular formula is C10H13N4O6P. The lowest BCUT2D eigenvalue weighted by atomic mass is 10.2. The van der Waals surface area contributed by atoms with Crippen molar-refractivity contribution in [3.05, 3.63) is 43.0 Å². The summed E-state index contributed by atoms with van der Waals surface area (Å²) in [5, 5.41) is 10.8. The molecule has 0 saturated carbocycles. The zero-order chi connectivity index (χ0) is 15.0. The summed E-state index contributed by atoms with van der Waals surface area (Å²) in [6.07, 6.45) is 0. The molecule has 0 radical (unpaired) electrons. The van der Waals surface area contributed by atoms with Crippen LogP contribution in [0.2, 0.25) is 0 Å². The second-order valence-corrected chi connectivity index (χ2v) is 5.13. The van der Waals surface area contributed by atoms with Crippen LogP contribution in [0, 0.1) is 10.1 Å². The van der Waals surface area contributed by atoms with Crippen molar-refractivity contribution in [2.75, 3.05) is 11.7 Å². The van der Waals surface area contributed by atoms with Gasteiger partial charge in [-0.3, -0.25) is 24.3 Å². The number of rotatable bonds is 3. The van der Waals surface area contributed by atoms with Crippen LogP contribution < -0.4 is 15.8 Å². The molecule has 0 aliphatic heterocycles. The van der Waals surface area contributed by atoms with Gasteiger partial charge in [0.25, 0.3) is 13.9 Å². The van der Waals surface area contributed by atoms with Gasteiger partial charge in [0.05, 0.1) is 21.6 Å². The topological polar surface area (TPSA) is 149 Å². The minimum atomic E-state index is -3.17. The predicted octanol–water partition coefficient (Wildman–Crippen LogP) is 0.579. The van der Waals surface area contributed by atoms with Crippen molar-refractivity contribution in [2.45, 2.75) is 7.43 Å². The highest BCUT2D eigenvalue weighted by Crippen LogP contribution is 2.34. The van der Waals surface area contributed by atoms with E-state index in [9.17, 15) is 24.3 Å². The van der Waals surface area contributed by atoms with Gasteiger partial charge in [-0.1, -0.05) is 7.43 Å². The molecule has 0 bridgehead atoms. The molecule has 1 unspecified atom stereocenters. The van der Waals surface area contributed by atoms with Gasteiger partial charge >= 0.3 is 11.1 Å². The van der Waals surface area contributed by atoms with Crippen molar-refractivity contribution >= 4 is 30.6 Å². The predicted molar refractivity (Wildman–Crippen MR) is 78.2 cm³/mol. The molecule has 0 fully saturated rings. The van der Waals surface area contributed by atoms with Crippen LogP contribution in [0.5, 0.6) is 0 Å². The number of aromatic nitrogens is 2. The monoisotopic (exact) mass is 316 g/mol. The molecule has 11 heteroatoms. The number of anilines is 1. The number of nitro benzene ring substituents is 1. The molecule has 0 saturated heterocycles. The first-order valence-corrected chi connectivity index (χ1v) is 6.53. The Labute approximate surface area is 118 Å². The third-order valence-electron chi connectivity index (χ3n) is 2.65. The lowest BCUT2D eigenvalue weighted by Crippen LogP contribution is -2.29. The third-order valence-corrected chi connectivity index (χ3v) is 3.47. The number of hydrogen-bond acceptors (Lipinski definition) is 5. The lowest BCUT2D eigenvalue weighted by molar-refractivity contribution is -0.384. The molecule has 114 valence electrons. The summed E-state index contributed by atoms with van der Waals surface area (Å²) in [6.45, 7) is 0. The van der Waals surface area contributed by atoms with Gasteiger partial charge in [-0.25, -0.2) is 0 Å². The van der Waals surface area contributed by atoms with Crippen LogP contribution in [0.4, 0.5) is 11.4 Å². The van der Waals surface area contributed by atoms with Crippen molar-refractivity contribution in [1.82, 2.24) is 9.97 Å². The molecule has 10 nitrogen and oxygen atoms in total. The molecule has 2 rings (SSSR count). The Bertz CT molecular complexity index is 842. The highest BCUT2D eigenvalue weighted by molar-refractivity contribution is 7.40. The molecule has 21 heavy (non-hydrogen) atoms. The fourth-order valence-corrected chi connectivity index (χ4v) is 2.05. The number of non-ortho nitro benzene ring substituents is 1. The third kappa shape index (κ3) is 3.01. The Kier molecular flexibility index (Phi) is 4.66. The van der Waals surface area contributed by atoms with E-state index >= 15 is 0 Å². The van der Waals surface area contributed by atoms with E-state index < -0.39 is 24.2 Å². The fourth-order valence-electron chi connectivity index (χ4n) is 1.66. The Hall–Kier alpha value is -2.45. The van der Waals surface area contributed by atoms with Crippen LogP contribution in [0.3, 0.4) is 0 Å². The smallest absolute Gasteiger partial charge is 0.314 e. The molecule has 0 amide bonds. The van der Waals surface area contributed by atoms with E-state index in [-0.39, 0.29) is 29.8 Å². The molecular weight excluding hydrogens is 303 g/mol. The second kappa shape index (κ2) is 5.90. The Morgan fingerprint density at radius 1 is 1.29 bits per heavy atom. The molecule has 0 aliphatic rings. The molecule has 2 aromatic rings. The first-order valence-electron chi connectivity index (χ1n) is 5.22. The number of aromatic amines is 2. The lowest BCUT2D eigenvalue weighted by Gasteiger charge is -2.16. The zero-order valence-electron chi connectivity index (χ0n) is 10.0. The van der Waals surface area contributed by atoms with E-state index in [0.717, 1.165) is 16.8 Å². The van der Waals surface area contributed by atoms with Crippen LogP contribution in [-0.4, -0.2) is 26.8 Å². The number of fused-ring (bicyclic) bond motifs is 1. The highest BCUT2D eigenvalue weighted by atomic mass is 31.1. The second-order valence-electron chi connectivity index (χ2n) is 3.89. The van der Waals surface area contributed by atoms with Crippen LogP contribution in [0.25, 0.3) is 11.0 Å². The van der Waals surface area contributed by atoms with Crippen molar-refractivity contribution in [3.8, 4) is 0 Å². The number of hydrogen-bond donors (Lipinski definition) is 3. The molecule has 1 aromatic heterocycles. The van der Waals surface area contributed by atoms with E-state index in [0.29, 0.717) is 0 Å². The van der Waals surface area contributed by atoms with Crippen molar-refractivity contribution in [2.24, 2.45) is 0 Å². The van der Waals surface area contributed by atoms with E-state index in [1.54, 1.807) is 0 Å². The number of nitro groups is 1. The number of nitrogens with zero attached hydrogens (tertiary/aromatic N) is 2. The summed E-state index contributed by atoms with van der Waals surface area (Å²) in [4.78, 5) is 46.2. The molecule has 1 heterocycles. The van der Waals surface area contributed by atoms with Gasteiger partial charge in [0.1, 0.15) is 0 Å². The Balaban J connectivity index is 0.00000220. The van der Waals surface area contributed by atoms with E-state index in [1.807, 2.05) is 0 Å². The summed E-state index contributed by atoms with van der Waals surface area (Å²) in [5.41, 5.74) is -2.31. The summed E-state index contributed by atoms with van der Waals surface area (Å²) in [6, 6.07) is 2.09. The number of benzene rings is 1. The van der Waals surface area contributed by atoms with Gasteiger partial charge in [0, 0.05) is 19.2 Å². The van der Waals surface area contributed by atoms with Crippen molar-refractivity contribution < 1.29 is 14.4 Å². The molecule has 0 spiro atoms. The number of nitrogens with one attached hydrogen (secondary N) is 2. The largest absolute Gasteiger partial charge is 0.331 e. The van der Waals surface area contributed by atoms with Crippen LogP contribution in [-0.2, 0) is 4.57 Å². The van der Waals surface area contributed by atoms with Gasteiger partial charge in [-0.2, -0.15) is 0 Å². The average Bonchev–Trinajstić information content (AvgIpc) is 2.38. The molecule has 1 atom stereocenters. The highest BCUT2D eigenvalue weighted by Gasteiger charge is 2.18. The average molecular weight is 316 g/mol. The maximum absolute atomic E-state index is 11.3. The van der Waals surface area contributed by atoms with Gasteiger partial charge in [0.15, 0.2) is 0 Å². The van der Waals surface area contributed by atoms with Gasteiger partial charge in [0.2, 0.25) is 0 Å². The maximum Gasteiger partial charge on any atom is 0.314 e. The molecule has 0 aliphatic carbocycles. The van der Waals surface area contributed by atoms with Crippen molar-refractivity contribution in [1.29, 1.82) is 0 Å². The Morgan fingerprint density at radius 3 is 2.38 bits per heavy atom.